The molecular weight excluding hydrogens is 372 g/mol. The fourth-order valence-corrected chi connectivity index (χ4v) is 3.76. The normalized spacial score (nSPS) is 22.0. The largest absolute Gasteiger partial charge is 0.393 e. The van der Waals surface area contributed by atoms with E-state index in [4.69, 9.17) is 0 Å². The number of benzene rings is 1. The number of nitrogens with one attached hydrogen (secondary N) is 1. The highest BCUT2D eigenvalue weighted by atomic mass is 35.5. The molecule has 2 heterocycles. The zero-order valence-electron chi connectivity index (χ0n) is 14.3. The summed E-state index contributed by atoms with van der Waals surface area (Å²) in [6, 6.07) is 4.68. The first kappa shape index (κ1) is 21.0. The van der Waals surface area contributed by atoms with Gasteiger partial charge in [0.05, 0.1) is 11.5 Å². The lowest BCUT2D eigenvalue weighted by Gasteiger charge is -2.34. The second-order valence-corrected chi connectivity index (χ2v) is 6.86. The highest BCUT2D eigenvalue weighted by Crippen LogP contribution is 2.34. The summed E-state index contributed by atoms with van der Waals surface area (Å²) in [4.78, 5) is 13.8. The number of rotatable bonds is 2. The van der Waals surface area contributed by atoms with Crippen molar-refractivity contribution in [1.82, 2.24) is 10.2 Å². The second kappa shape index (κ2) is 8.57. The molecule has 0 aliphatic carbocycles. The van der Waals surface area contributed by atoms with Gasteiger partial charge >= 0.3 is 6.18 Å². The van der Waals surface area contributed by atoms with Gasteiger partial charge in [0.15, 0.2) is 0 Å². The number of nitrogens with zero attached hydrogens (tertiary/aromatic N) is 1. The topological polar surface area (TPSA) is 32.3 Å². The number of amides is 1. The van der Waals surface area contributed by atoms with E-state index in [9.17, 15) is 22.4 Å². The lowest BCUT2D eigenvalue weighted by atomic mass is 9.88. The monoisotopic (exact) mass is 394 g/mol. The number of carbonyl (C=O) groups excluding carboxylic acids is 1. The molecular formula is C18H23ClF4N2O. The summed E-state index contributed by atoms with van der Waals surface area (Å²) >= 11 is 0. The van der Waals surface area contributed by atoms with Gasteiger partial charge in [0, 0.05) is 13.1 Å². The van der Waals surface area contributed by atoms with Crippen molar-refractivity contribution < 1.29 is 22.4 Å². The molecule has 0 saturated carbocycles. The first-order valence-corrected chi connectivity index (χ1v) is 8.73. The van der Waals surface area contributed by atoms with Gasteiger partial charge in [-0.25, -0.2) is 4.39 Å². The van der Waals surface area contributed by atoms with Gasteiger partial charge in [0.2, 0.25) is 0 Å². The molecule has 1 aromatic carbocycles. The van der Waals surface area contributed by atoms with Crippen LogP contribution < -0.4 is 5.32 Å². The summed E-state index contributed by atoms with van der Waals surface area (Å²) < 4.78 is 53.7. The van der Waals surface area contributed by atoms with Crippen LogP contribution in [0.15, 0.2) is 18.2 Å². The standard InChI is InChI=1S/C18H22F4N2O.ClH/c19-16-14(12-6-8-23-9-7-12)4-1-5-15(16)17(25)24-10-2-3-13(11-24)18(20,21)22;/h1,4-5,12-13,23H,2-3,6-11H2;1H. The predicted molar refractivity (Wildman–Crippen MR) is 93.2 cm³/mol. The van der Waals surface area contributed by atoms with Gasteiger partial charge in [0.25, 0.3) is 5.91 Å². The van der Waals surface area contributed by atoms with Crippen molar-refractivity contribution in [3.8, 4) is 0 Å². The molecule has 0 spiro atoms. The molecule has 8 heteroatoms. The van der Waals surface area contributed by atoms with Gasteiger partial charge in [-0.05, 0) is 56.3 Å². The molecule has 0 aromatic heterocycles. The maximum absolute atomic E-state index is 14.9. The van der Waals surface area contributed by atoms with E-state index in [0.717, 1.165) is 30.8 Å². The van der Waals surface area contributed by atoms with E-state index in [1.807, 2.05) is 0 Å². The van der Waals surface area contributed by atoms with Crippen LogP contribution in [-0.4, -0.2) is 43.2 Å². The molecule has 0 bridgehead atoms. The molecule has 2 fully saturated rings. The number of likely N-dealkylation sites (tertiary alicyclic amines) is 1. The first-order chi connectivity index (χ1) is 11.9. The Hall–Kier alpha value is -1.34. The van der Waals surface area contributed by atoms with E-state index >= 15 is 0 Å². The van der Waals surface area contributed by atoms with Gasteiger partial charge in [-0.1, -0.05) is 12.1 Å². The van der Waals surface area contributed by atoms with Gasteiger partial charge in [-0.15, -0.1) is 12.4 Å². The molecule has 1 unspecified atom stereocenters. The zero-order valence-corrected chi connectivity index (χ0v) is 15.1. The van der Waals surface area contributed by atoms with E-state index < -0.39 is 23.8 Å². The summed E-state index contributed by atoms with van der Waals surface area (Å²) in [6.07, 6.45) is -2.45. The minimum absolute atomic E-state index is 0. The van der Waals surface area contributed by atoms with Crippen LogP contribution >= 0.6 is 12.4 Å². The van der Waals surface area contributed by atoms with Crippen LogP contribution in [0.25, 0.3) is 0 Å². The van der Waals surface area contributed by atoms with Crippen LogP contribution in [0.4, 0.5) is 17.6 Å². The van der Waals surface area contributed by atoms with Crippen molar-refractivity contribution in [2.24, 2.45) is 5.92 Å². The average Bonchev–Trinajstić information content (AvgIpc) is 2.61. The molecule has 2 aliphatic rings. The van der Waals surface area contributed by atoms with Crippen LogP contribution in [0, 0.1) is 11.7 Å². The molecule has 1 aromatic rings. The molecule has 2 saturated heterocycles. The highest BCUT2D eigenvalue weighted by molar-refractivity contribution is 5.94. The average molecular weight is 395 g/mol. The van der Waals surface area contributed by atoms with E-state index in [-0.39, 0.29) is 49.8 Å². The predicted octanol–water partition coefficient (Wildman–Crippen LogP) is 4.13. The van der Waals surface area contributed by atoms with E-state index in [0.29, 0.717) is 5.56 Å². The maximum atomic E-state index is 14.9. The molecule has 1 atom stereocenters. The lowest BCUT2D eigenvalue weighted by molar-refractivity contribution is -0.184. The van der Waals surface area contributed by atoms with Crippen LogP contribution in [0.1, 0.15) is 47.5 Å². The number of hydrogen-bond acceptors (Lipinski definition) is 2. The number of halogens is 5. The van der Waals surface area contributed by atoms with Gasteiger partial charge in [-0.2, -0.15) is 13.2 Å². The Kier molecular flexibility index (Phi) is 6.91. The summed E-state index contributed by atoms with van der Waals surface area (Å²) in [6.45, 7) is 1.44. The van der Waals surface area contributed by atoms with Crippen molar-refractivity contribution in [2.45, 2.75) is 37.8 Å². The number of piperidine rings is 2. The smallest absolute Gasteiger partial charge is 0.338 e. The van der Waals surface area contributed by atoms with E-state index in [1.165, 1.54) is 6.07 Å². The third-order valence-corrected chi connectivity index (χ3v) is 5.21. The molecule has 2 aliphatic heterocycles. The molecule has 146 valence electrons. The van der Waals surface area contributed by atoms with Crippen molar-refractivity contribution in [3.63, 3.8) is 0 Å². The van der Waals surface area contributed by atoms with E-state index in [1.54, 1.807) is 12.1 Å². The Labute approximate surface area is 156 Å². The van der Waals surface area contributed by atoms with Crippen molar-refractivity contribution in [2.75, 3.05) is 26.2 Å². The number of carbonyl (C=O) groups is 1. The van der Waals surface area contributed by atoms with E-state index in [2.05, 4.69) is 5.32 Å². The molecule has 1 N–H and O–H groups in total. The van der Waals surface area contributed by atoms with Gasteiger partial charge < -0.3 is 10.2 Å². The summed E-state index contributed by atoms with van der Waals surface area (Å²) in [5.41, 5.74) is 0.385. The Morgan fingerprint density at radius 3 is 2.50 bits per heavy atom. The summed E-state index contributed by atoms with van der Waals surface area (Å²) in [7, 11) is 0. The Balaban J connectivity index is 0.00000243. The third-order valence-electron chi connectivity index (χ3n) is 5.21. The van der Waals surface area contributed by atoms with Crippen LogP contribution in [0.2, 0.25) is 0 Å². The highest BCUT2D eigenvalue weighted by Gasteiger charge is 2.43. The maximum Gasteiger partial charge on any atom is 0.393 e. The van der Waals surface area contributed by atoms with Crippen molar-refractivity contribution >= 4 is 18.3 Å². The molecule has 26 heavy (non-hydrogen) atoms. The number of hydrogen-bond donors (Lipinski definition) is 1. The molecule has 3 rings (SSSR count). The Morgan fingerprint density at radius 1 is 1.15 bits per heavy atom. The van der Waals surface area contributed by atoms with Gasteiger partial charge in [0.1, 0.15) is 5.82 Å². The lowest BCUT2D eigenvalue weighted by Crippen LogP contribution is -2.44. The molecule has 3 nitrogen and oxygen atoms in total. The zero-order chi connectivity index (χ0) is 18.0. The minimum atomic E-state index is -4.32. The first-order valence-electron chi connectivity index (χ1n) is 8.73. The Bertz CT molecular complexity index is 632. The van der Waals surface area contributed by atoms with Crippen molar-refractivity contribution in [3.05, 3.63) is 35.1 Å². The minimum Gasteiger partial charge on any atom is -0.338 e. The number of alkyl halides is 3. The summed E-state index contributed by atoms with van der Waals surface area (Å²) in [5, 5.41) is 3.21. The van der Waals surface area contributed by atoms with Crippen LogP contribution in [0.5, 0.6) is 0 Å². The summed E-state index contributed by atoms with van der Waals surface area (Å²) in [5.74, 6) is -2.70. The molecule has 0 radical (unpaired) electrons. The quantitative estimate of drug-likeness (QED) is 0.765. The second-order valence-electron chi connectivity index (χ2n) is 6.86. The van der Waals surface area contributed by atoms with Crippen LogP contribution in [-0.2, 0) is 0 Å². The van der Waals surface area contributed by atoms with Gasteiger partial charge in [-0.3, -0.25) is 4.79 Å². The van der Waals surface area contributed by atoms with Crippen molar-refractivity contribution in [1.29, 1.82) is 0 Å². The third kappa shape index (κ3) is 4.49. The SMILES string of the molecule is Cl.O=C(c1cccc(C2CCNCC2)c1F)N1CCCC(C(F)(F)F)C1. The Morgan fingerprint density at radius 2 is 1.85 bits per heavy atom. The molecule has 1 amide bonds. The fraction of sp³-hybridized carbons (Fsp3) is 0.611. The van der Waals surface area contributed by atoms with Crippen LogP contribution in [0.3, 0.4) is 0 Å². The fourth-order valence-electron chi connectivity index (χ4n) is 3.76.